The van der Waals surface area contributed by atoms with E-state index < -0.39 is 0 Å². The average Bonchev–Trinajstić information content (AvgIpc) is 2.28. The molecule has 0 fully saturated rings. The van der Waals surface area contributed by atoms with Crippen LogP contribution < -0.4 is 11.1 Å². The molecule has 0 unspecified atom stereocenters. The summed E-state index contributed by atoms with van der Waals surface area (Å²) in [7, 11) is 0. The molecule has 1 aromatic rings. The SMILES string of the molecule is CCC(N)(CC)CNc1ncc(Cl)cn1. The molecule has 84 valence electrons. The minimum Gasteiger partial charge on any atom is -0.352 e. The maximum atomic E-state index is 6.13. The third kappa shape index (κ3) is 3.64. The summed E-state index contributed by atoms with van der Waals surface area (Å²) in [4.78, 5) is 8.08. The van der Waals surface area contributed by atoms with Crippen LogP contribution in [-0.2, 0) is 0 Å². The van der Waals surface area contributed by atoms with Crippen molar-refractivity contribution in [1.82, 2.24) is 9.97 Å². The van der Waals surface area contributed by atoms with E-state index >= 15 is 0 Å². The third-order valence-electron chi connectivity index (χ3n) is 2.63. The zero-order chi connectivity index (χ0) is 11.3. The maximum Gasteiger partial charge on any atom is 0.222 e. The Labute approximate surface area is 95.3 Å². The van der Waals surface area contributed by atoms with Gasteiger partial charge in [-0.05, 0) is 12.8 Å². The van der Waals surface area contributed by atoms with Crippen LogP contribution in [0.2, 0.25) is 5.02 Å². The molecule has 0 saturated carbocycles. The van der Waals surface area contributed by atoms with E-state index in [9.17, 15) is 0 Å². The molecule has 0 radical (unpaired) electrons. The van der Waals surface area contributed by atoms with Gasteiger partial charge in [0.1, 0.15) is 0 Å². The van der Waals surface area contributed by atoms with Gasteiger partial charge in [-0.3, -0.25) is 0 Å². The predicted molar refractivity (Wildman–Crippen MR) is 63.0 cm³/mol. The molecule has 0 aliphatic rings. The van der Waals surface area contributed by atoms with Crippen molar-refractivity contribution >= 4 is 17.5 Å². The molecule has 0 saturated heterocycles. The largest absolute Gasteiger partial charge is 0.352 e. The van der Waals surface area contributed by atoms with Crippen molar-refractivity contribution in [3.05, 3.63) is 17.4 Å². The summed E-state index contributed by atoms with van der Waals surface area (Å²) in [5.74, 6) is 0.566. The summed E-state index contributed by atoms with van der Waals surface area (Å²) in [6.07, 6.45) is 4.97. The zero-order valence-corrected chi connectivity index (χ0v) is 9.88. The molecule has 1 heterocycles. The Hall–Kier alpha value is -0.870. The number of aromatic nitrogens is 2. The van der Waals surface area contributed by atoms with Gasteiger partial charge in [-0.15, -0.1) is 0 Å². The Bertz CT molecular complexity index is 295. The minimum atomic E-state index is -0.191. The van der Waals surface area contributed by atoms with Gasteiger partial charge < -0.3 is 11.1 Å². The number of rotatable bonds is 5. The molecule has 4 nitrogen and oxygen atoms in total. The average molecular weight is 229 g/mol. The first-order valence-electron chi connectivity index (χ1n) is 5.10. The normalized spacial score (nSPS) is 11.5. The van der Waals surface area contributed by atoms with Crippen LogP contribution in [-0.4, -0.2) is 22.1 Å². The van der Waals surface area contributed by atoms with Crippen LogP contribution in [0.5, 0.6) is 0 Å². The van der Waals surface area contributed by atoms with E-state index in [0.29, 0.717) is 17.5 Å². The van der Waals surface area contributed by atoms with Crippen molar-refractivity contribution in [3.8, 4) is 0 Å². The molecule has 15 heavy (non-hydrogen) atoms. The number of halogens is 1. The van der Waals surface area contributed by atoms with Crippen molar-refractivity contribution < 1.29 is 0 Å². The van der Waals surface area contributed by atoms with E-state index in [1.807, 2.05) is 0 Å². The maximum absolute atomic E-state index is 6.13. The minimum absolute atomic E-state index is 0.191. The summed E-state index contributed by atoms with van der Waals surface area (Å²) >= 11 is 5.68. The predicted octanol–water partition coefficient (Wildman–Crippen LogP) is 2.06. The quantitative estimate of drug-likeness (QED) is 0.810. The molecule has 1 aromatic heterocycles. The van der Waals surface area contributed by atoms with Gasteiger partial charge in [0.2, 0.25) is 5.95 Å². The fraction of sp³-hybridized carbons (Fsp3) is 0.600. The van der Waals surface area contributed by atoms with Crippen LogP contribution in [0.25, 0.3) is 0 Å². The van der Waals surface area contributed by atoms with E-state index in [4.69, 9.17) is 17.3 Å². The van der Waals surface area contributed by atoms with E-state index in [1.165, 1.54) is 0 Å². The Morgan fingerprint density at radius 1 is 1.33 bits per heavy atom. The van der Waals surface area contributed by atoms with E-state index in [-0.39, 0.29) is 5.54 Å². The number of anilines is 1. The molecule has 5 heteroatoms. The fourth-order valence-electron chi connectivity index (χ4n) is 1.16. The lowest BCUT2D eigenvalue weighted by molar-refractivity contribution is 0.417. The van der Waals surface area contributed by atoms with Crippen molar-refractivity contribution in [2.75, 3.05) is 11.9 Å². The van der Waals surface area contributed by atoms with E-state index in [0.717, 1.165) is 12.8 Å². The summed E-state index contributed by atoms with van der Waals surface area (Å²) < 4.78 is 0. The molecule has 0 atom stereocenters. The number of hydrogen-bond acceptors (Lipinski definition) is 4. The topological polar surface area (TPSA) is 63.8 Å². The Morgan fingerprint density at radius 2 is 1.87 bits per heavy atom. The molecule has 0 aliphatic heterocycles. The Balaban J connectivity index is 2.53. The molecule has 0 bridgehead atoms. The molecule has 0 spiro atoms. The number of nitrogens with zero attached hydrogens (tertiary/aromatic N) is 2. The second kappa shape index (κ2) is 5.28. The monoisotopic (exact) mass is 228 g/mol. The van der Waals surface area contributed by atoms with Gasteiger partial charge >= 0.3 is 0 Å². The standard InChI is InChI=1S/C10H17ClN4/c1-3-10(12,4-2)7-15-9-13-5-8(11)6-14-9/h5-6H,3-4,7,12H2,1-2H3,(H,13,14,15). The van der Waals surface area contributed by atoms with Crippen LogP contribution in [0.4, 0.5) is 5.95 Å². The highest BCUT2D eigenvalue weighted by molar-refractivity contribution is 6.30. The zero-order valence-electron chi connectivity index (χ0n) is 9.13. The van der Waals surface area contributed by atoms with Crippen LogP contribution in [0, 0.1) is 0 Å². The molecule has 0 aromatic carbocycles. The first-order chi connectivity index (χ1) is 7.09. The molecule has 3 N–H and O–H groups in total. The summed E-state index contributed by atoms with van der Waals surface area (Å²) in [5.41, 5.74) is 5.94. The van der Waals surface area contributed by atoms with E-state index in [2.05, 4.69) is 29.1 Å². The number of hydrogen-bond donors (Lipinski definition) is 2. The highest BCUT2D eigenvalue weighted by Crippen LogP contribution is 2.12. The van der Waals surface area contributed by atoms with Gasteiger partial charge in [-0.25, -0.2) is 9.97 Å². The highest BCUT2D eigenvalue weighted by Gasteiger charge is 2.19. The molecule has 1 rings (SSSR count). The van der Waals surface area contributed by atoms with Crippen LogP contribution in [0.1, 0.15) is 26.7 Å². The van der Waals surface area contributed by atoms with Crippen LogP contribution in [0.3, 0.4) is 0 Å². The second-order valence-corrected chi connectivity index (χ2v) is 4.08. The van der Waals surface area contributed by atoms with Gasteiger partial charge in [0.25, 0.3) is 0 Å². The van der Waals surface area contributed by atoms with Gasteiger partial charge in [0, 0.05) is 12.1 Å². The fourth-order valence-corrected chi connectivity index (χ4v) is 1.26. The third-order valence-corrected chi connectivity index (χ3v) is 2.82. The molecule has 0 aliphatic carbocycles. The van der Waals surface area contributed by atoms with Gasteiger partial charge in [-0.1, -0.05) is 25.4 Å². The van der Waals surface area contributed by atoms with Crippen LogP contribution >= 0.6 is 11.6 Å². The van der Waals surface area contributed by atoms with Crippen molar-refractivity contribution in [3.63, 3.8) is 0 Å². The van der Waals surface area contributed by atoms with Gasteiger partial charge in [-0.2, -0.15) is 0 Å². The van der Waals surface area contributed by atoms with Crippen molar-refractivity contribution in [1.29, 1.82) is 0 Å². The Morgan fingerprint density at radius 3 is 2.33 bits per heavy atom. The number of nitrogens with one attached hydrogen (secondary N) is 1. The highest BCUT2D eigenvalue weighted by atomic mass is 35.5. The lowest BCUT2D eigenvalue weighted by atomic mass is 9.94. The summed E-state index contributed by atoms with van der Waals surface area (Å²) in [6.45, 7) is 4.82. The second-order valence-electron chi connectivity index (χ2n) is 3.65. The van der Waals surface area contributed by atoms with Crippen molar-refractivity contribution in [2.45, 2.75) is 32.2 Å². The molecular weight excluding hydrogens is 212 g/mol. The van der Waals surface area contributed by atoms with Crippen LogP contribution in [0.15, 0.2) is 12.4 Å². The van der Waals surface area contributed by atoms with Crippen molar-refractivity contribution in [2.24, 2.45) is 5.73 Å². The Kier molecular flexibility index (Phi) is 4.29. The molecule has 0 amide bonds. The summed E-state index contributed by atoms with van der Waals surface area (Å²) in [5, 5.41) is 3.64. The smallest absolute Gasteiger partial charge is 0.222 e. The first-order valence-corrected chi connectivity index (χ1v) is 5.48. The van der Waals surface area contributed by atoms with Gasteiger partial charge in [0.15, 0.2) is 0 Å². The molecular formula is C10H17ClN4. The van der Waals surface area contributed by atoms with E-state index in [1.54, 1.807) is 12.4 Å². The summed E-state index contributed by atoms with van der Waals surface area (Å²) in [6, 6.07) is 0. The first kappa shape index (κ1) is 12.2. The lowest BCUT2D eigenvalue weighted by Gasteiger charge is -2.26. The van der Waals surface area contributed by atoms with Gasteiger partial charge in [0.05, 0.1) is 17.4 Å². The lowest BCUT2D eigenvalue weighted by Crippen LogP contribution is -2.45. The number of nitrogens with two attached hydrogens (primary N) is 1.